The summed E-state index contributed by atoms with van der Waals surface area (Å²) in [5, 5.41) is 3.48. The predicted octanol–water partition coefficient (Wildman–Crippen LogP) is 3.07. The molecule has 0 saturated heterocycles. The van der Waals surface area contributed by atoms with E-state index in [0.717, 1.165) is 24.4 Å². The first kappa shape index (κ1) is 17.5. The summed E-state index contributed by atoms with van der Waals surface area (Å²) in [6.07, 6.45) is 5.08. The highest BCUT2D eigenvalue weighted by Crippen LogP contribution is 2.20. The van der Waals surface area contributed by atoms with Gasteiger partial charge in [-0.2, -0.15) is 0 Å². The van der Waals surface area contributed by atoms with Crippen molar-refractivity contribution in [2.45, 2.75) is 26.3 Å². The van der Waals surface area contributed by atoms with E-state index in [1.165, 1.54) is 0 Å². The summed E-state index contributed by atoms with van der Waals surface area (Å²) in [5.41, 5.74) is 0.775. The number of amides is 1. The Bertz CT molecular complexity index is 612. The van der Waals surface area contributed by atoms with E-state index in [1.807, 2.05) is 12.1 Å². The number of hydrogen-bond donors (Lipinski definition) is 1. The van der Waals surface area contributed by atoms with Crippen LogP contribution >= 0.6 is 11.6 Å². The Kier molecular flexibility index (Phi) is 6.62. The first-order valence-electron chi connectivity index (χ1n) is 7.78. The Labute approximate surface area is 141 Å². The van der Waals surface area contributed by atoms with Crippen molar-refractivity contribution in [1.29, 1.82) is 0 Å². The number of carbonyl (C=O) groups is 1. The molecule has 2 heterocycles. The Morgan fingerprint density at radius 1 is 1.39 bits per heavy atom. The van der Waals surface area contributed by atoms with Gasteiger partial charge in [-0.05, 0) is 36.9 Å². The fourth-order valence-corrected chi connectivity index (χ4v) is 2.73. The van der Waals surface area contributed by atoms with E-state index >= 15 is 0 Å². The fraction of sp³-hybridized carbons (Fsp3) is 0.412. The monoisotopic (exact) mass is 335 g/mol. The van der Waals surface area contributed by atoms with Gasteiger partial charge in [-0.15, -0.1) is 0 Å². The van der Waals surface area contributed by atoms with Gasteiger partial charge in [0.25, 0.3) is 0 Å². The third-order valence-corrected chi connectivity index (χ3v) is 4.17. The van der Waals surface area contributed by atoms with E-state index in [-0.39, 0.29) is 18.4 Å². The summed E-state index contributed by atoms with van der Waals surface area (Å²) in [7, 11) is 0. The Hall–Kier alpha value is -1.85. The van der Waals surface area contributed by atoms with E-state index in [4.69, 9.17) is 16.0 Å². The van der Waals surface area contributed by atoms with Gasteiger partial charge in [0.2, 0.25) is 5.91 Å². The van der Waals surface area contributed by atoms with Crippen LogP contribution in [-0.2, 0) is 11.2 Å². The molecular weight excluding hydrogens is 314 g/mol. The van der Waals surface area contributed by atoms with Crippen molar-refractivity contribution in [3.8, 4) is 0 Å². The predicted molar refractivity (Wildman–Crippen MR) is 90.3 cm³/mol. The largest absolute Gasteiger partial charge is 0.468 e. The van der Waals surface area contributed by atoms with Crippen LogP contribution in [0.5, 0.6) is 0 Å². The first-order valence-corrected chi connectivity index (χ1v) is 8.16. The molecule has 0 aliphatic heterocycles. The molecule has 2 rings (SSSR count). The molecule has 6 heteroatoms. The van der Waals surface area contributed by atoms with Gasteiger partial charge in [0, 0.05) is 18.9 Å². The van der Waals surface area contributed by atoms with Gasteiger partial charge < -0.3 is 9.73 Å². The second-order valence-corrected chi connectivity index (χ2v) is 5.61. The molecule has 0 fully saturated rings. The third kappa shape index (κ3) is 4.81. The lowest BCUT2D eigenvalue weighted by molar-refractivity contribution is -0.120. The van der Waals surface area contributed by atoms with Crippen molar-refractivity contribution in [3.63, 3.8) is 0 Å². The highest BCUT2D eigenvalue weighted by Gasteiger charge is 2.21. The number of nitrogens with one attached hydrogen (secondary N) is 1. The summed E-state index contributed by atoms with van der Waals surface area (Å²) in [6, 6.07) is 5.59. The molecule has 0 bridgehead atoms. The molecule has 5 nitrogen and oxygen atoms in total. The summed E-state index contributed by atoms with van der Waals surface area (Å²) >= 11 is 6.04. The first-order chi connectivity index (χ1) is 11.2. The van der Waals surface area contributed by atoms with Crippen LogP contribution in [0.1, 0.15) is 31.2 Å². The molecule has 0 aliphatic carbocycles. The summed E-state index contributed by atoms with van der Waals surface area (Å²) < 4.78 is 5.53. The minimum atomic E-state index is -0.0678. The van der Waals surface area contributed by atoms with Gasteiger partial charge in [0.1, 0.15) is 5.76 Å². The van der Waals surface area contributed by atoms with Crippen LogP contribution in [0.25, 0.3) is 0 Å². The molecule has 0 aliphatic rings. The van der Waals surface area contributed by atoms with Crippen molar-refractivity contribution in [2.24, 2.45) is 0 Å². The lowest BCUT2D eigenvalue weighted by Gasteiger charge is -2.28. The number of carbonyl (C=O) groups excluding carboxylic acids is 1. The molecule has 23 heavy (non-hydrogen) atoms. The van der Waals surface area contributed by atoms with Gasteiger partial charge in [0.15, 0.2) is 0 Å². The molecule has 0 aromatic carbocycles. The van der Waals surface area contributed by atoms with Crippen molar-refractivity contribution >= 4 is 17.5 Å². The van der Waals surface area contributed by atoms with E-state index in [2.05, 4.69) is 29.0 Å². The maximum atomic E-state index is 12.2. The van der Waals surface area contributed by atoms with Crippen LogP contribution in [0.15, 0.2) is 41.3 Å². The zero-order valence-corrected chi connectivity index (χ0v) is 14.2. The molecule has 0 spiro atoms. The summed E-state index contributed by atoms with van der Waals surface area (Å²) in [5.74, 6) is 0.790. The standard InChI is InChI=1S/C17H22ClN3O2/c1-3-21(4-2)15(16-6-5-9-23-16)12-20-17(22)10-13-7-8-19-11-14(13)18/h5-9,11,15H,3-4,10,12H2,1-2H3,(H,20,22). The van der Waals surface area contributed by atoms with Crippen LogP contribution < -0.4 is 5.32 Å². The van der Waals surface area contributed by atoms with Gasteiger partial charge in [-0.1, -0.05) is 25.4 Å². The summed E-state index contributed by atoms with van der Waals surface area (Å²) in [6.45, 7) is 6.45. The highest BCUT2D eigenvalue weighted by atomic mass is 35.5. The topological polar surface area (TPSA) is 58.4 Å². The van der Waals surface area contributed by atoms with E-state index in [9.17, 15) is 4.79 Å². The van der Waals surface area contributed by atoms with Crippen LogP contribution in [0.3, 0.4) is 0 Å². The van der Waals surface area contributed by atoms with Crippen LogP contribution in [0, 0.1) is 0 Å². The van der Waals surface area contributed by atoms with E-state index in [1.54, 1.807) is 24.7 Å². The number of likely N-dealkylation sites (N-methyl/N-ethyl adjacent to an activating group) is 1. The van der Waals surface area contributed by atoms with Crippen LogP contribution in [-0.4, -0.2) is 35.4 Å². The lowest BCUT2D eigenvalue weighted by atomic mass is 10.1. The lowest BCUT2D eigenvalue weighted by Crippen LogP contribution is -2.38. The molecule has 2 aromatic rings. The second kappa shape index (κ2) is 8.70. The molecule has 1 amide bonds. The molecular formula is C17H22ClN3O2. The fourth-order valence-electron chi connectivity index (χ4n) is 2.55. The smallest absolute Gasteiger partial charge is 0.224 e. The van der Waals surface area contributed by atoms with Crippen molar-refractivity contribution in [3.05, 3.63) is 53.2 Å². The number of nitrogens with zero attached hydrogens (tertiary/aromatic N) is 2. The number of aromatic nitrogens is 1. The molecule has 2 aromatic heterocycles. The number of halogens is 1. The van der Waals surface area contributed by atoms with Gasteiger partial charge in [-0.25, -0.2) is 0 Å². The number of hydrogen-bond acceptors (Lipinski definition) is 4. The number of furan rings is 1. The Balaban J connectivity index is 1.98. The van der Waals surface area contributed by atoms with Gasteiger partial charge >= 0.3 is 0 Å². The van der Waals surface area contributed by atoms with Crippen molar-refractivity contribution in [1.82, 2.24) is 15.2 Å². The average Bonchev–Trinajstić information content (AvgIpc) is 3.08. The zero-order chi connectivity index (χ0) is 16.7. The maximum absolute atomic E-state index is 12.2. The molecule has 124 valence electrons. The normalized spacial score (nSPS) is 12.3. The Morgan fingerprint density at radius 2 is 2.17 bits per heavy atom. The minimum absolute atomic E-state index is 0.0249. The number of rotatable bonds is 8. The van der Waals surface area contributed by atoms with E-state index in [0.29, 0.717) is 11.6 Å². The maximum Gasteiger partial charge on any atom is 0.224 e. The SMILES string of the molecule is CCN(CC)C(CNC(=O)Cc1ccncc1Cl)c1ccco1. The van der Waals surface area contributed by atoms with E-state index < -0.39 is 0 Å². The van der Waals surface area contributed by atoms with Gasteiger partial charge in [0.05, 0.1) is 23.7 Å². The molecule has 1 atom stereocenters. The average molecular weight is 336 g/mol. The molecule has 1 unspecified atom stereocenters. The quantitative estimate of drug-likeness (QED) is 0.805. The van der Waals surface area contributed by atoms with Crippen molar-refractivity contribution < 1.29 is 9.21 Å². The summed E-state index contributed by atoms with van der Waals surface area (Å²) in [4.78, 5) is 18.4. The molecule has 0 saturated carbocycles. The molecule has 0 radical (unpaired) electrons. The van der Waals surface area contributed by atoms with Gasteiger partial charge in [-0.3, -0.25) is 14.7 Å². The van der Waals surface area contributed by atoms with Crippen molar-refractivity contribution in [2.75, 3.05) is 19.6 Å². The highest BCUT2D eigenvalue weighted by molar-refractivity contribution is 6.31. The third-order valence-electron chi connectivity index (χ3n) is 3.82. The van der Waals surface area contributed by atoms with Crippen LogP contribution in [0.4, 0.5) is 0 Å². The minimum Gasteiger partial charge on any atom is -0.468 e. The molecule has 1 N–H and O–H groups in total. The Morgan fingerprint density at radius 3 is 2.78 bits per heavy atom. The zero-order valence-electron chi connectivity index (χ0n) is 13.5. The number of pyridine rings is 1. The van der Waals surface area contributed by atoms with Crippen LogP contribution in [0.2, 0.25) is 5.02 Å². The second-order valence-electron chi connectivity index (χ2n) is 5.20.